The van der Waals surface area contributed by atoms with Crippen LogP contribution in [0.15, 0.2) is 18.2 Å². The molecule has 2 rings (SSSR count). The Labute approximate surface area is 117 Å². The van der Waals surface area contributed by atoms with Crippen molar-refractivity contribution in [1.29, 1.82) is 0 Å². The molecule has 0 aromatic heterocycles. The third kappa shape index (κ3) is 3.30. The first-order valence-corrected chi connectivity index (χ1v) is 7.68. The largest absolute Gasteiger partial charge is 0.508 e. The lowest BCUT2D eigenvalue weighted by Crippen LogP contribution is -2.41. The predicted molar refractivity (Wildman–Crippen MR) is 80.5 cm³/mol. The number of phenolic OH excluding ortho intramolecular Hbond substituents is 1. The predicted octanol–water partition coefficient (Wildman–Crippen LogP) is 4.42. The van der Waals surface area contributed by atoms with E-state index in [4.69, 9.17) is 0 Å². The van der Waals surface area contributed by atoms with Gasteiger partial charge in [0.2, 0.25) is 0 Å². The van der Waals surface area contributed by atoms with Gasteiger partial charge in [-0.3, -0.25) is 4.90 Å². The smallest absolute Gasteiger partial charge is 0.120 e. The summed E-state index contributed by atoms with van der Waals surface area (Å²) in [5.74, 6) is 0.452. The maximum absolute atomic E-state index is 10.2. The number of piperidine rings is 1. The first-order chi connectivity index (χ1) is 9.13. The first kappa shape index (κ1) is 14.4. The molecule has 0 radical (unpaired) electrons. The van der Waals surface area contributed by atoms with Crippen LogP contribution in [0.4, 0.5) is 0 Å². The van der Waals surface area contributed by atoms with E-state index >= 15 is 0 Å². The molecule has 2 nitrogen and oxygen atoms in total. The van der Waals surface area contributed by atoms with Crippen LogP contribution < -0.4 is 0 Å². The van der Waals surface area contributed by atoms with E-state index in [9.17, 15) is 5.11 Å². The molecule has 2 unspecified atom stereocenters. The minimum Gasteiger partial charge on any atom is -0.508 e. The lowest BCUT2D eigenvalue weighted by atomic mass is 9.94. The Hall–Kier alpha value is -1.02. The molecule has 0 spiro atoms. The van der Waals surface area contributed by atoms with E-state index in [1.54, 1.807) is 0 Å². The van der Waals surface area contributed by atoms with Gasteiger partial charge in [-0.25, -0.2) is 0 Å². The molecule has 0 aliphatic carbocycles. The fraction of sp³-hybridized carbons (Fsp3) is 0.647. The molecule has 1 aliphatic rings. The number of hydrogen-bond acceptors (Lipinski definition) is 2. The van der Waals surface area contributed by atoms with Crippen molar-refractivity contribution < 1.29 is 5.11 Å². The van der Waals surface area contributed by atoms with E-state index in [0.29, 0.717) is 17.8 Å². The van der Waals surface area contributed by atoms with Crippen LogP contribution in [-0.4, -0.2) is 22.6 Å². The summed E-state index contributed by atoms with van der Waals surface area (Å²) in [7, 11) is 0. The molecule has 1 N–H and O–H groups in total. The standard InChI is InChI=1S/C17H27NO/c1-4-7-15-8-5-6-11-18(15)14(3)16-10-9-13(2)12-17(16)19/h9-10,12,14-15,19H,4-8,11H2,1-3H3. The SMILES string of the molecule is CCCC1CCCCN1C(C)c1ccc(C)cc1O. The van der Waals surface area contributed by atoms with Crippen LogP contribution in [0.3, 0.4) is 0 Å². The van der Waals surface area contributed by atoms with Gasteiger partial charge in [0.25, 0.3) is 0 Å². The Morgan fingerprint density at radius 2 is 2.16 bits per heavy atom. The lowest BCUT2D eigenvalue weighted by molar-refractivity contribution is 0.0950. The quantitative estimate of drug-likeness (QED) is 0.867. The first-order valence-electron chi connectivity index (χ1n) is 7.68. The van der Waals surface area contributed by atoms with Gasteiger partial charge in [0.15, 0.2) is 0 Å². The zero-order chi connectivity index (χ0) is 13.8. The summed E-state index contributed by atoms with van der Waals surface area (Å²) in [5, 5.41) is 10.2. The maximum atomic E-state index is 10.2. The van der Waals surface area contributed by atoms with Crippen LogP contribution in [0.25, 0.3) is 0 Å². The third-order valence-electron chi connectivity index (χ3n) is 4.43. The Morgan fingerprint density at radius 3 is 2.84 bits per heavy atom. The van der Waals surface area contributed by atoms with Crippen LogP contribution in [0, 0.1) is 6.92 Å². The van der Waals surface area contributed by atoms with Gasteiger partial charge in [-0.2, -0.15) is 0 Å². The van der Waals surface area contributed by atoms with Crippen LogP contribution in [0.1, 0.15) is 63.1 Å². The number of rotatable bonds is 4. The zero-order valence-corrected chi connectivity index (χ0v) is 12.5. The van der Waals surface area contributed by atoms with Gasteiger partial charge in [-0.15, -0.1) is 0 Å². The van der Waals surface area contributed by atoms with Gasteiger partial charge in [0.05, 0.1) is 0 Å². The second-order valence-electron chi connectivity index (χ2n) is 5.91. The highest BCUT2D eigenvalue weighted by atomic mass is 16.3. The second-order valence-corrected chi connectivity index (χ2v) is 5.91. The van der Waals surface area contributed by atoms with Crippen molar-refractivity contribution >= 4 is 0 Å². The summed E-state index contributed by atoms with van der Waals surface area (Å²) < 4.78 is 0. The molecule has 106 valence electrons. The fourth-order valence-corrected chi connectivity index (χ4v) is 3.36. The molecule has 1 aliphatic heterocycles. The van der Waals surface area contributed by atoms with Crippen molar-refractivity contribution in [2.45, 2.75) is 65.0 Å². The summed E-state index contributed by atoms with van der Waals surface area (Å²) in [6, 6.07) is 7.08. The summed E-state index contributed by atoms with van der Waals surface area (Å²) >= 11 is 0. The van der Waals surface area contributed by atoms with E-state index in [2.05, 4.69) is 30.9 Å². The van der Waals surface area contributed by atoms with Gasteiger partial charge in [0.1, 0.15) is 5.75 Å². The van der Waals surface area contributed by atoms with Crippen LogP contribution in [0.2, 0.25) is 0 Å². The highest BCUT2D eigenvalue weighted by Gasteiger charge is 2.27. The molecule has 1 heterocycles. The Bertz CT molecular complexity index is 414. The van der Waals surface area contributed by atoms with E-state index in [-0.39, 0.29) is 0 Å². The molecular formula is C17H27NO. The van der Waals surface area contributed by atoms with E-state index in [0.717, 1.165) is 11.1 Å². The normalized spacial score (nSPS) is 22.4. The molecule has 2 heteroatoms. The van der Waals surface area contributed by atoms with Crippen molar-refractivity contribution in [3.8, 4) is 5.75 Å². The van der Waals surface area contributed by atoms with Crippen LogP contribution in [-0.2, 0) is 0 Å². The number of phenols is 1. The molecule has 1 aromatic carbocycles. The zero-order valence-electron chi connectivity index (χ0n) is 12.5. The number of likely N-dealkylation sites (tertiary alicyclic amines) is 1. The van der Waals surface area contributed by atoms with E-state index in [1.807, 2.05) is 13.0 Å². The van der Waals surface area contributed by atoms with Crippen molar-refractivity contribution in [2.24, 2.45) is 0 Å². The summed E-state index contributed by atoms with van der Waals surface area (Å²) in [4.78, 5) is 2.59. The van der Waals surface area contributed by atoms with Crippen molar-refractivity contribution in [3.05, 3.63) is 29.3 Å². The highest BCUT2D eigenvalue weighted by Crippen LogP contribution is 2.34. The topological polar surface area (TPSA) is 23.5 Å². The molecule has 2 atom stereocenters. The van der Waals surface area contributed by atoms with Gasteiger partial charge in [-0.05, 0) is 51.3 Å². The summed E-state index contributed by atoms with van der Waals surface area (Å²) in [6.07, 6.45) is 6.47. The van der Waals surface area contributed by atoms with Crippen LogP contribution in [0.5, 0.6) is 5.75 Å². The van der Waals surface area contributed by atoms with Gasteiger partial charge in [-0.1, -0.05) is 31.9 Å². The number of nitrogens with zero attached hydrogens (tertiary/aromatic N) is 1. The number of aryl methyl sites for hydroxylation is 1. The number of hydrogen-bond donors (Lipinski definition) is 1. The number of aromatic hydroxyl groups is 1. The van der Waals surface area contributed by atoms with Crippen LogP contribution >= 0.6 is 0 Å². The average Bonchev–Trinajstić information content (AvgIpc) is 2.39. The van der Waals surface area contributed by atoms with Crippen molar-refractivity contribution in [2.75, 3.05) is 6.54 Å². The molecule has 1 fully saturated rings. The molecule has 1 saturated heterocycles. The lowest BCUT2D eigenvalue weighted by Gasteiger charge is -2.40. The molecule has 0 saturated carbocycles. The monoisotopic (exact) mass is 261 g/mol. The van der Waals surface area contributed by atoms with Crippen molar-refractivity contribution in [3.63, 3.8) is 0 Å². The Kier molecular flexibility index (Phi) is 4.87. The minimum atomic E-state index is 0.317. The highest BCUT2D eigenvalue weighted by molar-refractivity contribution is 5.38. The molecule has 0 bridgehead atoms. The average molecular weight is 261 g/mol. The molecule has 1 aromatic rings. The minimum absolute atomic E-state index is 0.317. The van der Waals surface area contributed by atoms with E-state index < -0.39 is 0 Å². The molecule has 0 amide bonds. The van der Waals surface area contributed by atoms with Gasteiger partial charge < -0.3 is 5.11 Å². The van der Waals surface area contributed by atoms with Gasteiger partial charge in [0, 0.05) is 17.6 Å². The Morgan fingerprint density at radius 1 is 1.37 bits per heavy atom. The third-order valence-corrected chi connectivity index (χ3v) is 4.43. The maximum Gasteiger partial charge on any atom is 0.120 e. The fourth-order valence-electron chi connectivity index (χ4n) is 3.36. The van der Waals surface area contributed by atoms with Crippen molar-refractivity contribution in [1.82, 2.24) is 4.90 Å². The molecular weight excluding hydrogens is 234 g/mol. The van der Waals surface area contributed by atoms with E-state index in [1.165, 1.54) is 38.6 Å². The number of benzene rings is 1. The summed E-state index contributed by atoms with van der Waals surface area (Å²) in [6.45, 7) is 7.69. The second kappa shape index (κ2) is 6.42. The molecule has 19 heavy (non-hydrogen) atoms. The van der Waals surface area contributed by atoms with Gasteiger partial charge >= 0.3 is 0 Å². The summed E-state index contributed by atoms with van der Waals surface area (Å²) in [5.41, 5.74) is 2.20. The Balaban J connectivity index is 2.18.